The zero-order valence-electron chi connectivity index (χ0n) is 14.1. The molecule has 0 aliphatic rings. The van der Waals surface area contributed by atoms with E-state index in [0.29, 0.717) is 22.6 Å². The van der Waals surface area contributed by atoms with Gasteiger partial charge >= 0.3 is 0 Å². The number of hydrogen-bond acceptors (Lipinski definition) is 6. The second-order valence-corrected chi connectivity index (χ2v) is 7.84. The zero-order chi connectivity index (χ0) is 18.3. The third-order valence-corrected chi connectivity index (χ3v) is 5.20. The van der Waals surface area contributed by atoms with Gasteiger partial charge in [0.15, 0.2) is 15.7 Å². The number of pyridine rings is 1. The number of sulfone groups is 1. The SMILES string of the molecule is COc1c[c]ccc1Nc1nc2ccc(S(C)(=O)=O)cc2c2cn[nH]c12. The predicted molar refractivity (Wildman–Crippen MR) is 99.6 cm³/mol. The number of ether oxygens (including phenoxy) is 1. The quantitative estimate of drug-likeness (QED) is 0.575. The van der Waals surface area contributed by atoms with Crippen LogP contribution in [-0.2, 0) is 9.84 Å². The van der Waals surface area contributed by atoms with Gasteiger partial charge in [-0.05, 0) is 36.4 Å². The van der Waals surface area contributed by atoms with Gasteiger partial charge in [0.1, 0.15) is 11.3 Å². The molecule has 2 heterocycles. The summed E-state index contributed by atoms with van der Waals surface area (Å²) in [4.78, 5) is 4.87. The van der Waals surface area contributed by atoms with E-state index in [1.165, 1.54) is 6.26 Å². The van der Waals surface area contributed by atoms with E-state index in [-0.39, 0.29) is 4.90 Å². The van der Waals surface area contributed by atoms with E-state index in [4.69, 9.17) is 4.74 Å². The number of rotatable bonds is 4. The number of H-pyrrole nitrogens is 1. The summed E-state index contributed by atoms with van der Waals surface area (Å²) < 4.78 is 29.1. The Bertz CT molecular complexity index is 1230. The lowest BCUT2D eigenvalue weighted by Gasteiger charge is -2.12. The number of nitrogens with one attached hydrogen (secondary N) is 2. The maximum atomic E-state index is 11.9. The zero-order valence-corrected chi connectivity index (χ0v) is 14.9. The van der Waals surface area contributed by atoms with E-state index in [1.807, 2.05) is 6.07 Å². The fourth-order valence-electron chi connectivity index (χ4n) is 2.81. The average molecular weight is 367 g/mol. The number of fused-ring (bicyclic) bond motifs is 3. The molecule has 1 radical (unpaired) electrons. The monoisotopic (exact) mass is 367 g/mol. The second-order valence-electron chi connectivity index (χ2n) is 5.82. The van der Waals surface area contributed by atoms with E-state index in [9.17, 15) is 8.42 Å². The molecule has 26 heavy (non-hydrogen) atoms. The highest BCUT2D eigenvalue weighted by molar-refractivity contribution is 7.90. The van der Waals surface area contributed by atoms with Crippen molar-refractivity contribution in [2.75, 3.05) is 18.7 Å². The largest absolute Gasteiger partial charge is 0.495 e. The molecular formula is C18H15N4O3S. The van der Waals surface area contributed by atoms with Crippen molar-refractivity contribution in [2.24, 2.45) is 0 Å². The molecule has 0 bridgehead atoms. The molecule has 0 saturated carbocycles. The summed E-state index contributed by atoms with van der Waals surface area (Å²) in [5.41, 5.74) is 2.08. The highest BCUT2D eigenvalue weighted by Crippen LogP contribution is 2.33. The van der Waals surface area contributed by atoms with Gasteiger partial charge < -0.3 is 10.1 Å². The van der Waals surface area contributed by atoms with E-state index < -0.39 is 9.84 Å². The van der Waals surface area contributed by atoms with Crippen LogP contribution >= 0.6 is 0 Å². The van der Waals surface area contributed by atoms with Crippen molar-refractivity contribution in [3.8, 4) is 5.75 Å². The number of hydrogen-bond donors (Lipinski definition) is 2. The Morgan fingerprint density at radius 1 is 1.23 bits per heavy atom. The molecule has 0 atom stereocenters. The molecule has 0 saturated heterocycles. The molecule has 2 aromatic carbocycles. The first-order valence-electron chi connectivity index (χ1n) is 7.75. The summed E-state index contributed by atoms with van der Waals surface area (Å²) in [6, 6.07) is 13.2. The Morgan fingerprint density at radius 3 is 2.85 bits per heavy atom. The summed E-state index contributed by atoms with van der Waals surface area (Å²) in [5, 5.41) is 11.8. The minimum Gasteiger partial charge on any atom is -0.495 e. The van der Waals surface area contributed by atoms with Crippen LogP contribution in [0.3, 0.4) is 0 Å². The molecular weight excluding hydrogens is 352 g/mol. The normalized spacial score (nSPS) is 11.8. The lowest BCUT2D eigenvalue weighted by Crippen LogP contribution is -2.00. The molecule has 0 amide bonds. The number of nitrogens with zero attached hydrogens (tertiary/aromatic N) is 2. The molecule has 2 N–H and O–H groups in total. The fourth-order valence-corrected chi connectivity index (χ4v) is 3.46. The van der Waals surface area contributed by atoms with Gasteiger partial charge in [-0.3, -0.25) is 5.10 Å². The fraction of sp³-hybridized carbons (Fsp3) is 0.111. The second kappa shape index (κ2) is 5.99. The van der Waals surface area contributed by atoms with E-state index in [2.05, 4.69) is 26.6 Å². The van der Waals surface area contributed by atoms with Gasteiger partial charge in [0.25, 0.3) is 0 Å². The highest BCUT2D eigenvalue weighted by atomic mass is 32.2. The molecule has 2 aromatic heterocycles. The number of anilines is 2. The van der Waals surface area contributed by atoms with E-state index >= 15 is 0 Å². The smallest absolute Gasteiger partial charge is 0.175 e. The summed E-state index contributed by atoms with van der Waals surface area (Å²) in [5.74, 6) is 1.20. The first kappa shape index (κ1) is 16.3. The molecule has 0 aliphatic carbocycles. The van der Waals surface area contributed by atoms with Gasteiger partial charge in [-0.15, -0.1) is 0 Å². The molecule has 8 heteroatoms. The van der Waals surface area contributed by atoms with E-state index in [0.717, 1.165) is 16.5 Å². The summed E-state index contributed by atoms with van der Waals surface area (Å²) >= 11 is 0. The standard InChI is InChI=1S/C18H15N4O3S/c1-25-16-6-4-3-5-15(16)21-18-17-13(10-19-22-17)12-9-11(26(2,23)24)7-8-14(12)20-18/h3,5-10H,1-2H3,(H,19,22)(H,20,21). The minimum atomic E-state index is -3.31. The Labute approximate surface area is 149 Å². The molecule has 0 aliphatic heterocycles. The van der Waals surface area contributed by atoms with Gasteiger partial charge in [-0.1, -0.05) is 6.07 Å². The third kappa shape index (κ3) is 2.74. The topological polar surface area (TPSA) is 97.0 Å². The lowest BCUT2D eigenvalue weighted by atomic mass is 10.1. The Balaban J connectivity index is 1.92. The maximum Gasteiger partial charge on any atom is 0.175 e. The van der Waals surface area contributed by atoms with Gasteiger partial charge in [-0.25, -0.2) is 13.4 Å². The number of aromatic nitrogens is 3. The summed E-state index contributed by atoms with van der Waals surface area (Å²) in [6.45, 7) is 0. The molecule has 4 rings (SSSR count). The molecule has 0 unspecified atom stereocenters. The predicted octanol–water partition coefficient (Wildman–Crippen LogP) is 3.07. The molecule has 4 aromatic rings. The first-order valence-corrected chi connectivity index (χ1v) is 9.64. The Kier molecular flexibility index (Phi) is 3.77. The lowest BCUT2D eigenvalue weighted by molar-refractivity contribution is 0.416. The van der Waals surface area contributed by atoms with E-state index in [1.54, 1.807) is 43.6 Å². The van der Waals surface area contributed by atoms with Gasteiger partial charge in [0.2, 0.25) is 0 Å². The summed E-state index contributed by atoms with van der Waals surface area (Å²) in [6.07, 6.45) is 2.84. The number of benzene rings is 2. The van der Waals surface area contributed by atoms with Gasteiger partial charge in [0, 0.05) is 17.0 Å². The van der Waals surface area contributed by atoms with Crippen LogP contribution in [0.4, 0.5) is 11.5 Å². The minimum absolute atomic E-state index is 0.246. The van der Waals surface area contributed by atoms with Crippen LogP contribution in [0.25, 0.3) is 21.8 Å². The van der Waals surface area contributed by atoms with Gasteiger partial charge in [-0.2, -0.15) is 5.10 Å². The number of methoxy groups -OCH3 is 1. The van der Waals surface area contributed by atoms with Crippen LogP contribution in [0.2, 0.25) is 0 Å². The van der Waals surface area contributed by atoms with Crippen molar-refractivity contribution in [2.45, 2.75) is 4.90 Å². The van der Waals surface area contributed by atoms with Crippen LogP contribution in [0.5, 0.6) is 5.75 Å². The molecule has 0 spiro atoms. The van der Waals surface area contributed by atoms with Crippen LogP contribution < -0.4 is 10.1 Å². The van der Waals surface area contributed by atoms with Crippen molar-refractivity contribution >= 4 is 43.1 Å². The van der Waals surface area contributed by atoms with Crippen molar-refractivity contribution in [1.82, 2.24) is 15.2 Å². The Hall–Kier alpha value is -3.13. The first-order chi connectivity index (χ1) is 12.5. The van der Waals surface area contributed by atoms with Crippen LogP contribution in [0.15, 0.2) is 47.5 Å². The molecule has 7 nitrogen and oxygen atoms in total. The van der Waals surface area contributed by atoms with Crippen LogP contribution in [0.1, 0.15) is 0 Å². The van der Waals surface area contributed by atoms with Crippen molar-refractivity contribution in [1.29, 1.82) is 0 Å². The molecule has 131 valence electrons. The molecule has 0 fully saturated rings. The third-order valence-electron chi connectivity index (χ3n) is 4.09. The highest BCUT2D eigenvalue weighted by Gasteiger charge is 2.15. The number of aromatic amines is 1. The van der Waals surface area contributed by atoms with Crippen molar-refractivity contribution < 1.29 is 13.2 Å². The van der Waals surface area contributed by atoms with Crippen molar-refractivity contribution in [3.63, 3.8) is 0 Å². The van der Waals surface area contributed by atoms with Gasteiger partial charge in [0.05, 0.1) is 29.4 Å². The maximum absolute atomic E-state index is 11.9. The van der Waals surface area contributed by atoms with Crippen LogP contribution in [0, 0.1) is 6.07 Å². The Morgan fingerprint density at radius 2 is 2.08 bits per heavy atom. The van der Waals surface area contributed by atoms with Crippen molar-refractivity contribution in [3.05, 3.63) is 48.7 Å². The average Bonchev–Trinajstić information content (AvgIpc) is 3.11. The summed E-state index contributed by atoms with van der Waals surface area (Å²) in [7, 11) is -1.72. The van der Waals surface area contributed by atoms with Crippen LogP contribution in [-0.4, -0.2) is 37.0 Å².